The smallest absolute Gasteiger partial charge is 0.262 e. The predicted molar refractivity (Wildman–Crippen MR) is 107 cm³/mol. The van der Waals surface area contributed by atoms with Crippen LogP contribution in [0.2, 0.25) is 0 Å². The minimum absolute atomic E-state index is 0.0169. The molecule has 0 aliphatic heterocycles. The van der Waals surface area contributed by atoms with Crippen molar-refractivity contribution in [3.05, 3.63) is 77.0 Å². The van der Waals surface area contributed by atoms with Crippen LogP contribution in [0.1, 0.15) is 16.7 Å². The standard InChI is InChI=1S/C22H20N4O2/c1-15-3-5-16(6-4-15)13-24-22(27)18(12-23)11-19-14-25-26-21(19)17-7-9-20(28-2)10-8-17/h3-11,14H,13H2,1-2H3,(H,24,27)(H,25,26). The monoisotopic (exact) mass is 372 g/mol. The number of methoxy groups -OCH3 is 1. The van der Waals surface area contributed by atoms with Crippen molar-refractivity contribution in [1.82, 2.24) is 15.5 Å². The third-order valence-corrected chi connectivity index (χ3v) is 4.29. The summed E-state index contributed by atoms with van der Waals surface area (Å²) in [4.78, 5) is 12.4. The lowest BCUT2D eigenvalue weighted by Crippen LogP contribution is -2.23. The molecule has 0 fully saturated rings. The van der Waals surface area contributed by atoms with Crippen LogP contribution >= 0.6 is 0 Å². The average Bonchev–Trinajstić information content (AvgIpc) is 3.19. The van der Waals surface area contributed by atoms with Gasteiger partial charge in [0.2, 0.25) is 0 Å². The van der Waals surface area contributed by atoms with Gasteiger partial charge in [-0.3, -0.25) is 9.89 Å². The zero-order valence-corrected chi connectivity index (χ0v) is 15.7. The summed E-state index contributed by atoms with van der Waals surface area (Å²) in [6.45, 7) is 2.36. The van der Waals surface area contributed by atoms with Gasteiger partial charge in [-0.05, 0) is 42.8 Å². The van der Waals surface area contributed by atoms with Crippen LogP contribution in [0.3, 0.4) is 0 Å². The predicted octanol–water partition coefficient (Wildman–Crippen LogP) is 3.62. The number of hydrogen-bond donors (Lipinski definition) is 2. The second-order valence-corrected chi connectivity index (χ2v) is 6.27. The van der Waals surface area contributed by atoms with Crippen LogP contribution in [0.5, 0.6) is 5.75 Å². The van der Waals surface area contributed by atoms with E-state index in [1.54, 1.807) is 13.3 Å². The second-order valence-electron chi connectivity index (χ2n) is 6.27. The summed E-state index contributed by atoms with van der Waals surface area (Å²) in [5.74, 6) is 0.318. The number of rotatable bonds is 6. The average molecular weight is 372 g/mol. The van der Waals surface area contributed by atoms with Gasteiger partial charge in [0.15, 0.2) is 0 Å². The van der Waals surface area contributed by atoms with Gasteiger partial charge in [-0.2, -0.15) is 10.4 Å². The summed E-state index contributed by atoms with van der Waals surface area (Å²) in [5, 5.41) is 19.2. The first kappa shape index (κ1) is 18.9. The Bertz CT molecular complexity index is 1030. The van der Waals surface area contributed by atoms with Crippen LogP contribution in [0, 0.1) is 18.3 Å². The maximum Gasteiger partial charge on any atom is 0.262 e. The fourth-order valence-corrected chi connectivity index (χ4v) is 2.68. The van der Waals surface area contributed by atoms with Crippen LogP contribution in [0.15, 0.2) is 60.3 Å². The minimum Gasteiger partial charge on any atom is -0.497 e. The number of nitrogens with zero attached hydrogens (tertiary/aromatic N) is 2. The van der Waals surface area contributed by atoms with Crippen LogP contribution < -0.4 is 10.1 Å². The number of amides is 1. The van der Waals surface area contributed by atoms with Crippen molar-refractivity contribution in [2.24, 2.45) is 0 Å². The zero-order chi connectivity index (χ0) is 19.9. The zero-order valence-electron chi connectivity index (χ0n) is 15.7. The highest BCUT2D eigenvalue weighted by Gasteiger charge is 2.12. The van der Waals surface area contributed by atoms with Crippen molar-refractivity contribution >= 4 is 12.0 Å². The van der Waals surface area contributed by atoms with Gasteiger partial charge in [-0.25, -0.2) is 0 Å². The summed E-state index contributed by atoms with van der Waals surface area (Å²) in [6, 6.07) is 17.3. The first-order valence-corrected chi connectivity index (χ1v) is 8.74. The Balaban J connectivity index is 1.77. The molecule has 0 bridgehead atoms. The van der Waals surface area contributed by atoms with Gasteiger partial charge in [-0.1, -0.05) is 29.8 Å². The molecular weight excluding hydrogens is 352 g/mol. The van der Waals surface area contributed by atoms with Crippen molar-refractivity contribution in [3.8, 4) is 23.1 Å². The Morgan fingerprint density at radius 2 is 1.93 bits per heavy atom. The fourth-order valence-electron chi connectivity index (χ4n) is 2.68. The minimum atomic E-state index is -0.426. The van der Waals surface area contributed by atoms with E-state index in [1.807, 2.05) is 61.5 Å². The van der Waals surface area contributed by atoms with Gasteiger partial charge in [-0.15, -0.1) is 0 Å². The van der Waals surface area contributed by atoms with Crippen molar-refractivity contribution < 1.29 is 9.53 Å². The van der Waals surface area contributed by atoms with Gasteiger partial charge in [0, 0.05) is 17.7 Å². The van der Waals surface area contributed by atoms with E-state index < -0.39 is 5.91 Å². The van der Waals surface area contributed by atoms with Crippen molar-refractivity contribution in [2.75, 3.05) is 7.11 Å². The van der Waals surface area contributed by atoms with Gasteiger partial charge in [0.25, 0.3) is 5.91 Å². The Morgan fingerprint density at radius 1 is 1.21 bits per heavy atom. The van der Waals surface area contributed by atoms with Gasteiger partial charge in [0.05, 0.1) is 19.0 Å². The number of nitriles is 1. The lowest BCUT2D eigenvalue weighted by molar-refractivity contribution is -0.117. The molecule has 1 heterocycles. The molecule has 0 saturated carbocycles. The third-order valence-electron chi connectivity index (χ3n) is 4.29. The molecule has 0 aliphatic carbocycles. The Labute approximate surface area is 163 Å². The molecule has 3 rings (SSSR count). The van der Waals surface area contributed by atoms with E-state index in [4.69, 9.17) is 4.74 Å². The molecule has 6 nitrogen and oxygen atoms in total. The number of nitrogens with one attached hydrogen (secondary N) is 2. The number of H-pyrrole nitrogens is 1. The molecule has 28 heavy (non-hydrogen) atoms. The molecule has 1 amide bonds. The fraction of sp³-hybridized carbons (Fsp3) is 0.136. The number of ether oxygens (including phenoxy) is 1. The Hall–Kier alpha value is -3.85. The molecule has 0 atom stereocenters. The molecule has 2 aromatic carbocycles. The normalized spacial score (nSPS) is 11.0. The number of carbonyl (C=O) groups excluding carboxylic acids is 1. The molecule has 140 valence electrons. The lowest BCUT2D eigenvalue weighted by Gasteiger charge is -2.06. The largest absolute Gasteiger partial charge is 0.497 e. The summed E-state index contributed by atoms with van der Waals surface area (Å²) in [6.07, 6.45) is 3.12. The van der Waals surface area contributed by atoms with E-state index in [2.05, 4.69) is 15.5 Å². The maximum atomic E-state index is 12.4. The summed E-state index contributed by atoms with van der Waals surface area (Å²) >= 11 is 0. The van der Waals surface area contributed by atoms with Crippen LogP contribution in [0.25, 0.3) is 17.3 Å². The van der Waals surface area contributed by atoms with E-state index in [1.165, 1.54) is 6.08 Å². The number of aryl methyl sites for hydroxylation is 1. The van der Waals surface area contributed by atoms with Gasteiger partial charge < -0.3 is 10.1 Å². The second kappa shape index (κ2) is 8.69. The van der Waals surface area contributed by atoms with Gasteiger partial charge >= 0.3 is 0 Å². The summed E-state index contributed by atoms with van der Waals surface area (Å²) in [7, 11) is 1.60. The van der Waals surface area contributed by atoms with E-state index in [-0.39, 0.29) is 5.57 Å². The van der Waals surface area contributed by atoms with E-state index >= 15 is 0 Å². The highest BCUT2D eigenvalue weighted by atomic mass is 16.5. The van der Waals surface area contributed by atoms with Crippen molar-refractivity contribution in [3.63, 3.8) is 0 Å². The first-order chi connectivity index (χ1) is 13.6. The Kier molecular flexibility index (Phi) is 5.87. The van der Waals surface area contributed by atoms with Crippen LogP contribution in [0.4, 0.5) is 0 Å². The number of aromatic nitrogens is 2. The molecule has 0 radical (unpaired) electrons. The van der Waals surface area contributed by atoms with Crippen LogP contribution in [-0.2, 0) is 11.3 Å². The maximum absolute atomic E-state index is 12.4. The van der Waals surface area contributed by atoms with Crippen molar-refractivity contribution in [1.29, 1.82) is 5.26 Å². The molecular formula is C22H20N4O2. The molecule has 1 aromatic heterocycles. The topological polar surface area (TPSA) is 90.8 Å². The quantitative estimate of drug-likeness (QED) is 0.511. The van der Waals surface area contributed by atoms with E-state index in [9.17, 15) is 10.1 Å². The molecule has 3 aromatic rings. The lowest BCUT2D eigenvalue weighted by atomic mass is 10.1. The third kappa shape index (κ3) is 4.46. The van der Waals surface area contributed by atoms with E-state index in [0.717, 1.165) is 28.1 Å². The van der Waals surface area contributed by atoms with Crippen molar-refractivity contribution in [2.45, 2.75) is 13.5 Å². The number of carbonyl (C=O) groups is 1. The summed E-state index contributed by atoms with van der Waals surface area (Å²) in [5.41, 5.74) is 4.40. The van der Waals surface area contributed by atoms with Gasteiger partial charge in [0.1, 0.15) is 17.4 Å². The van der Waals surface area contributed by atoms with E-state index in [0.29, 0.717) is 12.1 Å². The first-order valence-electron chi connectivity index (χ1n) is 8.74. The molecule has 6 heteroatoms. The highest BCUT2D eigenvalue weighted by Crippen LogP contribution is 2.25. The number of hydrogen-bond acceptors (Lipinski definition) is 4. The Morgan fingerprint density at radius 3 is 2.57 bits per heavy atom. The number of aromatic amines is 1. The number of benzene rings is 2. The molecule has 0 spiro atoms. The molecule has 0 unspecified atom stereocenters. The SMILES string of the molecule is COc1ccc(-c2[nH]ncc2C=C(C#N)C(=O)NCc2ccc(C)cc2)cc1. The summed E-state index contributed by atoms with van der Waals surface area (Å²) < 4.78 is 5.17. The molecule has 0 aliphatic rings. The molecule has 2 N–H and O–H groups in total. The van der Waals surface area contributed by atoms with Crippen LogP contribution in [-0.4, -0.2) is 23.2 Å². The highest BCUT2D eigenvalue weighted by molar-refractivity contribution is 6.02. The molecule has 0 saturated heterocycles.